The zero-order chi connectivity index (χ0) is 14.4. The van der Waals surface area contributed by atoms with E-state index in [4.69, 9.17) is 9.84 Å². The fraction of sp³-hybridized carbons (Fsp3) is 0.545. The second kappa shape index (κ2) is 7.46. The SMILES string of the molecule is COCCSCC(=O)N(C)c1snc(C)c1C(=O)O. The summed E-state index contributed by atoms with van der Waals surface area (Å²) in [6, 6.07) is 0. The molecule has 0 unspecified atom stereocenters. The predicted molar refractivity (Wildman–Crippen MR) is 76.4 cm³/mol. The van der Waals surface area contributed by atoms with E-state index in [2.05, 4.69) is 4.37 Å². The van der Waals surface area contributed by atoms with Crippen molar-refractivity contribution in [1.29, 1.82) is 0 Å². The van der Waals surface area contributed by atoms with Crippen molar-refractivity contribution in [3.8, 4) is 0 Å². The Morgan fingerprint density at radius 2 is 2.21 bits per heavy atom. The lowest BCUT2D eigenvalue weighted by Gasteiger charge is -2.15. The third-order valence-electron chi connectivity index (χ3n) is 2.39. The van der Waals surface area contributed by atoms with Crippen LogP contribution in [-0.2, 0) is 9.53 Å². The number of rotatable bonds is 7. The van der Waals surface area contributed by atoms with E-state index in [0.717, 1.165) is 17.3 Å². The van der Waals surface area contributed by atoms with Crippen LogP contribution in [0, 0.1) is 6.92 Å². The van der Waals surface area contributed by atoms with Gasteiger partial charge in [-0.15, -0.1) is 11.8 Å². The maximum absolute atomic E-state index is 11.9. The number of aromatic carboxylic acids is 1. The molecule has 0 radical (unpaired) electrons. The summed E-state index contributed by atoms with van der Waals surface area (Å²) in [5, 5.41) is 9.50. The first-order chi connectivity index (χ1) is 8.99. The van der Waals surface area contributed by atoms with Gasteiger partial charge in [0.2, 0.25) is 5.91 Å². The summed E-state index contributed by atoms with van der Waals surface area (Å²) in [6.07, 6.45) is 0. The molecule has 6 nitrogen and oxygen atoms in total. The molecule has 0 atom stereocenters. The lowest BCUT2D eigenvalue weighted by Crippen LogP contribution is -2.28. The minimum Gasteiger partial charge on any atom is -0.478 e. The molecule has 1 rings (SSSR count). The Morgan fingerprint density at radius 3 is 2.79 bits per heavy atom. The Hall–Kier alpha value is -1.12. The van der Waals surface area contributed by atoms with Gasteiger partial charge in [0.25, 0.3) is 0 Å². The molecule has 0 aliphatic heterocycles. The molecule has 1 heterocycles. The van der Waals surface area contributed by atoms with Gasteiger partial charge in [0, 0.05) is 19.9 Å². The van der Waals surface area contributed by atoms with Crippen molar-refractivity contribution in [3.63, 3.8) is 0 Å². The number of hydrogen-bond acceptors (Lipinski definition) is 6. The van der Waals surface area contributed by atoms with Crippen LogP contribution >= 0.6 is 23.3 Å². The van der Waals surface area contributed by atoms with E-state index < -0.39 is 5.97 Å². The predicted octanol–water partition coefficient (Wildman–Crippen LogP) is 1.49. The number of hydrogen-bond donors (Lipinski definition) is 1. The van der Waals surface area contributed by atoms with Gasteiger partial charge < -0.3 is 14.7 Å². The van der Waals surface area contributed by atoms with Crippen molar-refractivity contribution in [3.05, 3.63) is 11.3 Å². The van der Waals surface area contributed by atoms with Crippen LogP contribution in [-0.4, -0.2) is 53.6 Å². The van der Waals surface area contributed by atoms with E-state index in [0.29, 0.717) is 17.3 Å². The van der Waals surface area contributed by atoms with Gasteiger partial charge in [-0.05, 0) is 18.5 Å². The van der Waals surface area contributed by atoms with Crippen molar-refractivity contribution in [2.75, 3.05) is 37.2 Å². The topological polar surface area (TPSA) is 79.7 Å². The molecule has 1 amide bonds. The van der Waals surface area contributed by atoms with Crippen LogP contribution in [0.4, 0.5) is 5.00 Å². The molecular formula is C11H16N2O4S2. The van der Waals surface area contributed by atoms with Crippen LogP contribution in [0.25, 0.3) is 0 Å². The fourth-order valence-corrected chi connectivity index (χ4v) is 3.01. The molecule has 0 bridgehead atoms. The Balaban J connectivity index is 2.69. The maximum Gasteiger partial charge on any atom is 0.340 e. The minimum atomic E-state index is -1.06. The molecule has 106 valence electrons. The molecular weight excluding hydrogens is 288 g/mol. The van der Waals surface area contributed by atoms with Crippen LogP contribution in [0.1, 0.15) is 16.1 Å². The summed E-state index contributed by atoms with van der Waals surface area (Å²) in [7, 11) is 3.17. The summed E-state index contributed by atoms with van der Waals surface area (Å²) in [5.41, 5.74) is 0.530. The van der Waals surface area contributed by atoms with E-state index in [1.807, 2.05) is 0 Å². The quantitative estimate of drug-likeness (QED) is 0.769. The number of ether oxygens (including phenoxy) is 1. The van der Waals surface area contributed by atoms with Crippen LogP contribution < -0.4 is 4.90 Å². The van der Waals surface area contributed by atoms with Crippen LogP contribution in [0.3, 0.4) is 0 Å². The van der Waals surface area contributed by atoms with E-state index >= 15 is 0 Å². The fourth-order valence-electron chi connectivity index (χ4n) is 1.34. The number of aryl methyl sites for hydroxylation is 1. The van der Waals surface area contributed by atoms with Gasteiger partial charge in [-0.25, -0.2) is 4.79 Å². The molecule has 1 aromatic heterocycles. The molecule has 1 aromatic rings. The van der Waals surface area contributed by atoms with E-state index in [9.17, 15) is 9.59 Å². The van der Waals surface area contributed by atoms with Crippen LogP contribution in [0.5, 0.6) is 0 Å². The number of aromatic nitrogens is 1. The molecule has 0 aliphatic carbocycles. The summed E-state index contributed by atoms with van der Waals surface area (Å²) in [6.45, 7) is 2.21. The van der Waals surface area contributed by atoms with Gasteiger partial charge in [-0.1, -0.05) is 0 Å². The number of anilines is 1. The molecule has 0 fully saturated rings. The highest BCUT2D eigenvalue weighted by Crippen LogP contribution is 2.28. The normalized spacial score (nSPS) is 10.5. The number of carbonyl (C=O) groups excluding carboxylic acids is 1. The van der Waals surface area contributed by atoms with Crippen molar-refractivity contribution in [2.24, 2.45) is 0 Å². The summed E-state index contributed by atoms with van der Waals surface area (Å²) < 4.78 is 8.88. The number of amides is 1. The monoisotopic (exact) mass is 304 g/mol. The molecule has 8 heteroatoms. The van der Waals surface area contributed by atoms with Crippen LogP contribution in [0.2, 0.25) is 0 Å². The molecule has 0 saturated carbocycles. The second-order valence-corrected chi connectivity index (χ2v) is 5.61. The first-order valence-corrected chi connectivity index (χ1v) is 7.44. The second-order valence-electron chi connectivity index (χ2n) is 3.75. The van der Waals surface area contributed by atoms with Gasteiger partial charge in [0.05, 0.1) is 18.1 Å². The van der Waals surface area contributed by atoms with Crippen molar-refractivity contribution >= 4 is 40.2 Å². The Labute approximate surface area is 119 Å². The van der Waals surface area contributed by atoms with Crippen LogP contribution in [0.15, 0.2) is 0 Å². The Kier molecular flexibility index (Phi) is 6.26. The number of nitrogens with zero attached hydrogens (tertiary/aromatic N) is 2. The lowest BCUT2D eigenvalue weighted by molar-refractivity contribution is -0.115. The third-order valence-corrected chi connectivity index (χ3v) is 4.32. The number of carbonyl (C=O) groups is 2. The van der Waals surface area contributed by atoms with E-state index in [-0.39, 0.29) is 17.2 Å². The van der Waals surface area contributed by atoms with E-state index in [1.54, 1.807) is 21.1 Å². The summed E-state index contributed by atoms with van der Waals surface area (Å²) in [4.78, 5) is 24.4. The number of carboxylic acid groups (broad SMARTS) is 1. The Bertz CT molecular complexity index is 462. The van der Waals surface area contributed by atoms with Gasteiger partial charge in [0.15, 0.2) is 0 Å². The third kappa shape index (κ3) is 4.19. The summed E-state index contributed by atoms with van der Waals surface area (Å²) in [5.74, 6) is -0.195. The van der Waals surface area contributed by atoms with Crippen molar-refractivity contribution in [1.82, 2.24) is 4.37 Å². The highest BCUT2D eigenvalue weighted by molar-refractivity contribution is 7.99. The standard InChI is InChI=1S/C11H16N2O4S2/c1-7-9(11(15)16)10(19-12-7)13(2)8(14)6-18-5-4-17-3/h4-6H2,1-3H3,(H,15,16). The first kappa shape index (κ1) is 15.9. The maximum atomic E-state index is 11.9. The smallest absolute Gasteiger partial charge is 0.340 e. The van der Waals surface area contributed by atoms with E-state index in [1.165, 1.54) is 16.7 Å². The largest absolute Gasteiger partial charge is 0.478 e. The van der Waals surface area contributed by atoms with Gasteiger partial charge in [-0.2, -0.15) is 4.37 Å². The zero-order valence-electron chi connectivity index (χ0n) is 11.0. The number of carboxylic acids is 1. The number of methoxy groups -OCH3 is 1. The van der Waals surface area contributed by atoms with Crippen molar-refractivity contribution < 1.29 is 19.4 Å². The highest BCUT2D eigenvalue weighted by Gasteiger charge is 2.23. The Morgan fingerprint density at radius 1 is 1.53 bits per heavy atom. The van der Waals surface area contributed by atoms with Gasteiger partial charge >= 0.3 is 5.97 Å². The average Bonchev–Trinajstić information content (AvgIpc) is 2.75. The van der Waals surface area contributed by atoms with Crippen molar-refractivity contribution in [2.45, 2.75) is 6.92 Å². The molecule has 19 heavy (non-hydrogen) atoms. The number of thioether (sulfide) groups is 1. The first-order valence-electron chi connectivity index (χ1n) is 5.51. The minimum absolute atomic E-state index is 0.0998. The van der Waals surface area contributed by atoms with Gasteiger partial charge in [-0.3, -0.25) is 4.79 Å². The average molecular weight is 304 g/mol. The highest BCUT2D eigenvalue weighted by atomic mass is 32.2. The molecule has 0 spiro atoms. The lowest BCUT2D eigenvalue weighted by atomic mass is 10.2. The molecule has 0 aliphatic rings. The van der Waals surface area contributed by atoms with Gasteiger partial charge in [0.1, 0.15) is 10.6 Å². The molecule has 0 saturated heterocycles. The zero-order valence-corrected chi connectivity index (χ0v) is 12.6. The molecule has 1 N–H and O–H groups in total. The summed E-state index contributed by atoms with van der Waals surface area (Å²) >= 11 is 2.48. The molecule has 0 aromatic carbocycles.